The molecule has 122 valence electrons. The van der Waals surface area contributed by atoms with Gasteiger partial charge in [0.15, 0.2) is 6.04 Å². The number of nitrogens with one attached hydrogen (secondary N) is 2. The second-order valence-corrected chi connectivity index (χ2v) is 6.86. The van der Waals surface area contributed by atoms with Crippen LogP contribution in [-0.2, 0) is 4.79 Å². The number of halogens is 1. The largest absolute Gasteiger partial charge is 0.359 e. The molecule has 1 fully saturated rings. The Labute approximate surface area is 138 Å². The molecule has 1 aliphatic rings. The van der Waals surface area contributed by atoms with Crippen molar-refractivity contribution in [2.24, 2.45) is 5.92 Å². The SMILES string of the molecule is CC(C)CNC(=O)[C@@H](C)[NH+]1CCN(c2ccccc2Cl)CC1. The van der Waals surface area contributed by atoms with Gasteiger partial charge in [0.2, 0.25) is 0 Å². The minimum Gasteiger partial charge on any atom is -0.359 e. The highest BCUT2D eigenvalue weighted by Gasteiger charge is 2.29. The fourth-order valence-corrected chi connectivity index (χ4v) is 3.07. The van der Waals surface area contributed by atoms with Crippen LogP contribution in [0.25, 0.3) is 0 Å². The van der Waals surface area contributed by atoms with Crippen LogP contribution in [0.5, 0.6) is 0 Å². The maximum absolute atomic E-state index is 12.2. The summed E-state index contributed by atoms with van der Waals surface area (Å²) in [6.07, 6.45) is 0. The summed E-state index contributed by atoms with van der Waals surface area (Å²) >= 11 is 6.27. The number of carbonyl (C=O) groups is 1. The van der Waals surface area contributed by atoms with E-state index >= 15 is 0 Å². The smallest absolute Gasteiger partial charge is 0.278 e. The summed E-state index contributed by atoms with van der Waals surface area (Å²) in [4.78, 5) is 15.8. The van der Waals surface area contributed by atoms with Gasteiger partial charge in [0.1, 0.15) is 0 Å². The Morgan fingerprint density at radius 3 is 2.50 bits per heavy atom. The van der Waals surface area contributed by atoms with Gasteiger partial charge in [-0.25, -0.2) is 0 Å². The molecule has 1 amide bonds. The van der Waals surface area contributed by atoms with Crippen LogP contribution in [0.4, 0.5) is 5.69 Å². The standard InChI is InChI=1S/C17H26ClN3O/c1-13(2)12-19-17(22)14(3)20-8-10-21(11-9-20)16-7-5-4-6-15(16)18/h4-7,13-14H,8-12H2,1-3H3,(H,19,22)/p+1/t14-/m1/s1. The first-order chi connectivity index (χ1) is 10.5. The number of piperazine rings is 1. The van der Waals surface area contributed by atoms with Crippen LogP contribution in [0, 0.1) is 5.92 Å². The maximum Gasteiger partial charge on any atom is 0.278 e. The zero-order chi connectivity index (χ0) is 16.1. The third-order valence-electron chi connectivity index (χ3n) is 4.29. The molecule has 1 saturated heterocycles. The number of para-hydroxylation sites is 1. The fraction of sp³-hybridized carbons (Fsp3) is 0.588. The van der Waals surface area contributed by atoms with Crippen molar-refractivity contribution in [1.82, 2.24) is 5.32 Å². The van der Waals surface area contributed by atoms with Crippen molar-refractivity contribution in [3.05, 3.63) is 29.3 Å². The minimum atomic E-state index is 0.00662. The number of carbonyl (C=O) groups excluding carboxylic acids is 1. The number of benzene rings is 1. The van der Waals surface area contributed by atoms with Crippen molar-refractivity contribution in [2.75, 3.05) is 37.6 Å². The van der Waals surface area contributed by atoms with Gasteiger partial charge in [-0.05, 0) is 25.0 Å². The Kier molecular flexibility index (Phi) is 6.09. The minimum absolute atomic E-state index is 0.00662. The van der Waals surface area contributed by atoms with Crippen LogP contribution in [0.1, 0.15) is 20.8 Å². The first kappa shape index (κ1) is 17.1. The van der Waals surface area contributed by atoms with E-state index in [1.54, 1.807) is 0 Å². The average molecular weight is 325 g/mol. The molecule has 1 heterocycles. The van der Waals surface area contributed by atoms with Crippen molar-refractivity contribution in [2.45, 2.75) is 26.8 Å². The maximum atomic E-state index is 12.2. The molecule has 2 rings (SSSR count). The van der Waals surface area contributed by atoms with Gasteiger partial charge >= 0.3 is 0 Å². The summed E-state index contributed by atoms with van der Waals surface area (Å²) in [5.74, 6) is 0.651. The van der Waals surface area contributed by atoms with E-state index in [2.05, 4.69) is 30.1 Å². The van der Waals surface area contributed by atoms with E-state index < -0.39 is 0 Å². The molecule has 2 N–H and O–H groups in total. The summed E-state index contributed by atoms with van der Waals surface area (Å²) in [5.41, 5.74) is 1.10. The van der Waals surface area contributed by atoms with Crippen LogP contribution in [0.2, 0.25) is 5.02 Å². The van der Waals surface area contributed by atoms with E-state index in [1.807, 2.05) is 25.1 Å². The van der Waals surface area contributed by atoms with Crippen molar-refractivity contribution < 1.29 is 9.69 Å². The van der Waals surface area contributed by atoms with Gasteiger partial charge < -0.3 is 15.1 Å². The predicted molar refractivity (Wildman–Crippen MR) is 91.7 cm³/mol. The van der Waals surface area contributed by atoms with E-state index in [1.165, 1.54) is 4.90 Å². The lowest BCUT2D eigenvalue weighted by molar-refractivity contribution is -0.914. The van der Waals surface area contributed by atoms with E-state index in [0.717, 1.165) is 43.4 Å². The first-order valence-electron chi connectivity index (χ1n) is 8.10. The second kappa shape index (κ2) is 7.84. The normalized spacial score (nSPS) is 17.6. The molecule has 1 aliphatic heterocycles. The topological polar surface area (TPSA) is 36.8 Å². The molecule has 1 aromatic rings. The number of hydrogen-bond acceptors (Lipinski definition) is 2. The van der Waals surface area contributed by atoms with E-state index in [4.69, 9.17) is 11.6 Å². The summed E-state index contributed by atoms with van der Waals surface area (Å²) in [6.45, 7) is 10.8. The number of rotatable bonds is 5. The molecule has 0 aromatic heterocycles. The molecule has 0 bridgehead atoms. The molecular weight excluding hydrogens is 298 g/mol. The van der Waals surface area contributed by atoms with Gasteiger partial charge in [0.05, 0.1) is 36.9 Å². The molecule has 1 atom stereocenters. The zero-order valence-electron chi connectivity index (χ0n) is 13.7. The van der Waals surface area contributed by atoms with Crippen LogP contribution in [-0.4, -0.2) is 44.7 Å². The lowest BCUT2D eigenvalue weighted by atomic mass is 10.1. The van der Waals surface area contributed by atoms with E-state index in [-0.39, 0.29) is 11.9 Å². The van der Waals surface area contributed by atoms with Crippen molar-refractivity contribution >= 4 is 23.2 Å². The van der Waals surface area contributed by atoms with Gasteiger partial charge in [-0.3, -0.25) is 4.79 Å². The number of anilines is 1. The first-order valence-corrected chi connectivity index (χ1v) is 8.48. The summed E-state index contributed by atoms with van der Waals surface area (Å²) in [6, 6.07) is 7.97. The van der Waals surface area contributed by atoms with Gasteiger partial charge in [0.25, 0.3) is 5.91 Å². The Balaban J connectivity index is 1.86. The quantitative estimate of drug-likeness (QED) is 0.854. The highest BCUT2D eigenvalue weighted by atomic mass is 35.5. The van der Waals surface area contributed by atoms with Crippen LogP contribution >= 0.6 is 11.6 Å². The number of nitrogens with zero attached hydrogens (tertiary/aromatic N) is 1. The lowest BCUT2D eigenvalue weighted by Gasteiger charge is -2.36. The van der Waals surface area contributed by atoms with Gasteiger partial charge in [0, 0.05) is 6.54 Å². The Bertz CT molecular complexity index is 498. The van der Waals surface area contributed by atoms with Crippen LogP contribution in [0.3, 0.4) is 0 Å². The third kappa shape index (κ3) is 4.37. The molecule has 1 aromatic carbocycles. The Morgan fingerprint density at radius 2 is 1.91 bits per heavy atom. The number of hydrogen-bond donors (Lipinski definition) is 2. The molecule has 4 nitrogen and oxygen atoms in total. The van der Waals surface area contributed by atoms with E-state index in [9.17, 15) is 4.79 Å². The molecule has 0 aliphatic carbocycles. The molecule has 0 radical (unpaired) electrons. The second-order valence-electron chi connectivity index (χ2n) is 6.46. The molecular formula is C17H27ClN3O+. The summed E-state index contributed by atoms with van der Waals surface area (Å²) in [5, 5.41) is 3.84. The Morgan fingerprint density at radius 1 is 1.27 bits per heavy atom. The monoisotopic (exact) mass is 324 g/mol. The summed E-state index contributed by atoms with van der Waals surface area (Å²) in [7, 11) is 0. The van der Waals surface area contributed by atoms with Crippen LogP contribution < -0.4 is 15.1 Å². The molecule has 22 heavy (non-hydrogen) atoms. The zero-order valence-corrected chi connectivity index (χ0v) is 14.5. The van der Waals surface area contributed by atoms with Gasteiger partial charge in [-0.1, -0.05) is 37.6 Å². The third-order valence-corrected chi connectivity index (χ3v) is 4.61. The van der Waals surface area contributed by atoms with Crippen molar-refractivity contribution in [3.8, 4) is 0 Å². The van der Waals surface area contributed by atoms with Crippen molar-refractivity contribution in [3.63, 3.8) is 0 Å². The van der Waals surface area contributed by atoms with E-state index in [0.29, 0.717) is 5.92 Å². The number of quaternary nitrogens is 1. The van der Waals surface area contributed by atoms with Gasteiger partial charge in [-0.2, -0.15) is 0 Å². The van der Waals surface area contributed by atoms with Crippen LogP contribution in [0.15, 0.2) is 24.3 Å². The number of amides is 1. The average Bonchev–Trinajstić information content (AvgIpc) is 2.52. The molecule has 5 heteroatoms. The summed E-state index contributed by atoms with van der Waals surface area (Å²) < 4.78 is 0. The van der Waals surface area contributed by atoms with Crippen molar-refractivity contribution in [1.29, 1.82) is 0 Å². The molecule has 0 spiro atoms. The lowest BCUT2D eigenvalue weighted by Crippen LogP contribution is -3.19. The molecule has 0 saturated carbocycles. The highest BCUT2D eigenvalue weighted by molar-refractivity contribution is 6.33. The highest BCUT2D eigenvalue weighted by Crippen LogP contribution is 2.24. The fourth-order valence-electron chi connectivity index (χ4n) is 2.82. The Hall–Kier alpha value is -1.26. The molecule has 0 unspecified atom stereocenters. The van der Waals surface area contributed by atoms with Gasteiger partial charge in [-0.15, -0.1) is 0 Å². The predicted octanol–water partition coefficient (Wildman–Crippen LogP) is 1.21.